The van der Waals surface area contributed by atoms with Crippen molar-refractivity contribution in [3.63, 3.8) is 0 Å². The lowest BCUT2D eigenvalue weighted by Gasteiger charge is -2.20. The van der Waals surface area contributed by atoms with Crippen LogP contribution in [0.2, 0.25) is 0 Å². The monoisotopic (exact) mass is 1820 g/mol. The molecule has 9 aromatic heterocycles. The van der Waals surface area contributed by atoms with E-state index >= 15 is 0 Å². The van der Waals surface area contributed by atoms with Crippen molar-refractivity contribution in [3.8, 4) is 84.9 Å². The molecule has 9 heterocycles. The molecule has 12 heteroatoms. The van der Waals surface area contributed by atoms with Crippen LogP contribution in [0, 0.1) is 0 Å². The molecule has 0 amide bonds. The van der Waals surface area contributed by atoms with Crippen molar-refractivity contribution in [2.75, 3.05) is 0 Å². The molecule has 0 saturated carbocycles. The smallest absolute Gasteiger partial charge is 0.172 e. The second-order valence-electron chi connectivity index (χ2n) is 35.2. The lowest BCUT2D eigenvalue weighted by atomic mass is 9.96. The quantitative estimate of drug-likeness (QED) is 0.0909. The molecule has 0 radical (unpaired) electrons. The number of hydrogen-bond donors (Lipinski definition) is 0. The Labute approximate surface area is 811 Å². The zero-order valence-corrected chi connectivity index (χ0v) is 77.1. The highest BCUT2D eigenvalue weighted by molar-refractivity contribution is 7.85. The Hall–Kier alpha value is -18.5. The molecule has 0 aliphatic rings. The molecular weight excluding hydrogens is 1740 g/mol. The summed E-state index contributed by atoms with van der Waals surface area (Å²) in [5.74, 6) is 0.865. The number of hydrogen-bond acceptors (Lipinski definition) is 10. The van der Waals surface area contributed by atoms with Gasteiger partial charge in [0.25, 0.3) is 0 Å². The predicted molar refractivity (Wildman–Crippen MR) is 588 cm³/mol. The summed E-state index contributed by atoms with van der Waals surface area (Å²) in [5.41, 5.74) is 19.4. The van der Waals surface area contributed by atoms with Crippen LogP contribution in [0.4, 0.5) is 0 Å². The Kier molecular flexibility index (Phi) is 21.7. The van der Waals surface area contributed by atoms with Crippen LogP contribution in [0.25, 0.3) is 236 Å². The number of para-hydroxylation sites is 7. The molecule has 0 aliphatic heterocycles. The van der Waals surface area contributed by atoms with Crippen LogP contribution in [-0.4, -0.2) is 49.4 Å². The van der Waals surface area contributed by atoms with Gasteiger partial charge in [-0.3, -0.25) is 24.5 Å². The summed E-state index contributed by atoms with van der Waals surface area (Å²) in [7, 11) is -3.09. The van der Waals surface area contributed by atoms with Gasteiger partial charge < -0.3 is 4.57 Å². The highest BCUT2D eigenvalue weighted by Crippen LogP contribution is 2.46. The fourth-order valence-electron chi connectivity index (χ4n) is 20.3. The lowest BCUT2D eigenvalue weighted by molar-refractivity contribution is 0.592. The molecule has 0 bridgehead atoms. The van der Waals surface area contributed by atoms with Crippen LogP contribution in [0.1, 0.15) is 0 Å². The van der Waals surface area contributed by atoms with E-state index in [0.29, 0.717) is 5.30 Å². The van der Waals surface area contributed by atoms with E-state index in [9.17, 15) is 4.57 Å². The molecular formula is C129H83N10OP. The van der Waals surface area contributed by atoms with Crippen molar-refractivity contribution < 1.29 is 4.57 Å². The van der Waals surface area contributed by atoms with Gasteiger partial charge >= 0.3 is 0 Å². The van der Waals surface area contributed by atoms with Gasteiger partial charge in [-0.05, 0) is 150 Å². The molecule has 660 valence electrons. The van der Waals surface area contributed by atoms with Crippen molar-refractivity contribution in [1.82, 2.24) is 49.4 Å². The summed E-state index contributed by atoms with van der Waals surface area (Å²) in [6.07, 6.45) is 7.59. The van der Waals surface area contributed by atoms with E-state index in [4.69, 9.17) is 44.9 Å². The van der Waals surface area contributed by atoms with E-state index in [1.165, 1.54) is 97.3 Å². The average molecular weight is 1820 g/mol. The predicted octanol–water partition coefficient (Wildman–Crippen LogP) is 31.5. The summed E-state index contributed by atoms with van der Waals surface area (Å²) < 4.78 is 16.9. The van der Waals surface area contributed by atoms with Gasteiger partial charge in [0.2, 0.25) is 0 Å². The van der Waals surface area contributed by atoms with E-state index in [1.54, 1.807) is 6.20 Å². The largest absolute Gasteiger partial charge is 0.309 e. The number of benzene rings is 19. The first kappa shape index (κ1) is 84.2. The van der Waals surface area contributed by atoms with E-state index < -0.39 is 7.14 Å². The summed E-state index contributed by atoms with van der Waals surface area (Å²) in [6, 6.07) is 165. The van der Waals surface area contributed by atoms with E-state index in [1.807, 2.05) is 152 Å². The van der Waals surface area contributed by atoms with E-state index in [2.05, 4.69) is 350 Å². The van der Waals surface area contributed by atoms with Gasteiger partial charge in [0.05, 0.1) is 78.7 Å². The fourth-order valence-corrected chi connectivity index (χ4v) is 22.9. The van der Waals surface area contributed by atoms with Crippen molar-refractivity contribution in [1.29, 1.82) is 0 Å². The molecule has 0 saturated heterocycles. The first-order valence-electron chi connectivity index (χ1n) is 47.3. The highest BCUT2D eigenvalue weighted by Gasteiger charge is 2.31. The van der Waals surface area contributed by atoms with Crippen LogP contribution in [-0.2, 0) is 4.57 Å². The number of rotatable bonds is 11. The number of nitrogens with zero attached hydrogens (tertiary/aromatic N) is 10. The third kappa shape index (κ3) is 15.4. The second kappa shape index (κ2) is 36.3. The highest BCUT2D eigenvalue weighted by atomic mass is 31.2. The molecule has 0 atom stereocenters. The van der Waals surface area contributed by atoms with Crippen LogP contribution in [0.5, 0.6) is 0 Å². The van der Waals surface area contributed by atoms with Crippen LogP contribution < -0.4 is 15.9 Å². The molecule has 28 aromatic rings. The molecule has 141 heavy (non-hydrogen) atoms. The van der Waals surface area contributed by atoms with Crippen LogP contribution in [0.3, 0.4) is 0 Å². The Balaban J connectivity index is 0.0000000995. The van der Waals surface area contributed by atoms with Gasteiger partial charge in [0, 0.05) is 128 Å². The lowest BCUT2D eigenvalue weighted by Crippen LogP contribution is -2.25. The van der Waals surface area contributed by atoms with Crippen LogP contribution in [0.15, 0.2) is 504 Å². The van der Waals surface area contributed by atoms with Crippen molar-refractivity contribution in [2.45, 2.75) is 0 Å². The molecule has 0 fully saturated rings. The SMILES string of the molecule is O=P(c1ccccc1)(c1ccccc1)c1ccc(-c2nc3ccccc3c3c2ccc2ccccc23)nc1.c1ccc(-c2ccc(-c3nc4ccccc4c4c3ccc3ccccc34)nc2)cc1.c1ccc(-n2c(-c3ccc(-c4nc5ccccc5c5c4ccc4ccccc45)nc3)nc3ccccc32)cc1.c1ccc2c(-c3ccc(-c4nc5ccccc5c5c4ccc4ccccc45)nc3)cccc2c1. The minimum absolute atomic E-state index is 0.703. The fraction of sp³-hybridized carbons (Fsp3) is 0. The summed E-state index contributed by atoms with van der Waals surface area (Å²) >= 11 is 0. The van der Waals surface area contributed by atoms with Gasteiger partial charge in [0.1, 0.15) is 5.82 Å². The third-order valence-corrected chi connectivity index (χ3v) is 30.1. The van der Waals surface area contributed by atoms with E-state index in [-0.39, 0.29) is 0 Å². The Morgan fingerprint density at radius 2 is 0.489 bits per heavy atom. The Morgan fingerprint density at radius 1 is 0.184 bits per heavy atom. The van der Waals surface area contributed by atoms with Gasteiger partial charge in [-0.2, -0.15) is 0 Å². The molecule has 28 rings (SSSR count). The molecule has 19 aromatic carbocycles. The van der Waals surface area contributed by atoms with E-state index in [0.717, 1.165) is 150 Å². The van der Waals surface area contributed by atoms with Crippen molar-refractivity contribution >= 4 is 175 Å². The molecule has 0 spiro atoms. The third-order valence-electron chi connectivity index (χ3n) is 27.0. The molecule has 0 aliphatic carbocycles. The Morgan fingerprint density at radius 3 is 0.872 bits per heavy atom. The van der Waals surface area contributed by atoms with Crippen molar-refractivity contribution in [3.05, 3.63) is 504 Å². The van der Waals surface area contributed by atoms with Gasteiger partial charge in [-0.1, -0.05) is 394 Å². The number of imidazole rings is 1. The first-order chi connectivity index (χ1) is 69.8. The average Bonchev–Trinajstić information content (AvgIpc) is 1.18. The first-order valence-corrected chi connectivity index (χ1v) is 49.0. The second-order valence-corrected chi connectivity index (χ2v) is 38.0. The van der Waals surface area contributed by atoms with Gasteiger partial charge in [-0.25, -0.2) is 24.9 Å². The molecule has 0 N–H and O–H groups in total. The summed E-state index contributed by atoms with van der Waals surface area (Å²) in [6.45, 7) is 0. The maximum Gasteiger partial charge on any atom is 0.172 e. The van der Waals surface area contributed by atoms with Gasteiger partial charge in [-0.15, -0.1) is 0 Å². The minimum atomic E-state index is -3.09. The van der Waals surface area contributed by atoms with Gasteiger partial charge in [0.15, 0.2) is 7.14 Å². The summed E-state index contributed by atoms with van der Waals surface area (Å²) in [4.78, 5) is 44.8. The maximum atomic E-state index is 14.7. The normalized spacial score (nSPS) is 11.6. The number of aromatic nitrogens is 10. The van der Waals surface area contributed by atoms with Crippen molar-refractivity contribution in [2.24, 2.45) is 0 Å². The minimum Gasteiger partial charge on any atom is -0.309 e. The number of pyridine rings is 8. The maximum absolute atomic E-state index is 14.7. The number of fused-ring (bicyclic) bond motifs is 22. The summed E-state index contributed by atoms with van der Waals surface area (Å²) in [5, 5.41) is 28.4. The topological polar surface area (TPSA) is 138 Å². The molecule has 11 nitrogen and oxygen atoms in total. The standard InChI is InChI=1S/C35H22N4.C34H23N2OP.C32H20N2.C28H18N2/c1-2-11-25(12-3-1)39-32-17-9-8-16-30(32)38-35(39)24-19-21-31(36-22-24)34-28-20-18-23-10-4-5-13-26(23)33(28)27-14-6-7-15-29(27)37-34;37-38(25-12-3-1-4-13-25,26-14-5-2-6-15-26)27-20-22-32(35-23-27)34-30-21-19-24-11-7-8-16-28(24)33(30)29-17-9-10-18-31(29)36-34;1-3-11-24-21(8-1)10-7-14-25(24)23-17-19-30(33-20-23)32-28-18-16-22-9-2-4-12-26(22)31(28)27-13-5-6-15-29(27)34-32;1-2-8-19(9-3-1)21-15-17-26(29-18-21)28-24-16-14-20-10-4-5-11-22(20)27(24)23-12-6-7-13-25(23)30-28/h1-22H;1-23H;1-20H;1-18H. The van der Waals surface area contributed by atoms with Crippen LogP contribution >= 0.6 is 7.14 Å². The molecule has 0 unspecified atom stereocenters. The Bertz CT molecular complexity index is 9650. The zero-order chi connectivity index (χ0) is 93.7. The zero-order valence-electron chi connectivity index (χ0n) is 76.2.